The molecule has 36 heavy (non-hydrogen) atoms. The summed E-state index contributed by atoms with van der Waals surface area (Å²) in [4.78, 5) is 28.6. The lowest BCUT2D eigenvalue weighted by molar-refractivity contribution is -0.141. The Balaban J connectivity index is 1.67. The van der Waals surface area contributed by atoms with Crippen LogP contribution in [0, 0.1) is 0 Å². The fourth-order valence-electron chi connectivity index (χ4n) is 4.73. The van der Waals surface area contributed by atoms with Crippen molar-refractivity contribution in [3.05, 3.63) is 66.2 Å². The summed E-state index contributed by atoms with van der Waals surface area (Å²) in [7, 11) is -2.08. The van der Waals surface area contributed by atoms with Crippen LogP contribution in [-0.2, 0) is 26.2 Å². The zero-order valence-corrected chi connectivity index (χ0v) is 22.3. The van der Waals surface area contributed by atoms with Crippen LogP contribution in [0.3, 0.4) is 0 Å². The lowest BCUT2D eigenvalue weighted by atomic mass is 9.95. The van der Waals surface area contributed by atoms with Crippen molar-refractivity contribution in [1.82, 2.24) is 14.5 Å². The van der Waals surface area contributed by atoms with Gasteiger partial charge >= 0.3 is 0 Å². The summed E-state index contributed by atoms with van der Waals surface area (Å²) in [6, 6.07) is 17.6. The molecule has 0 aromatic heterocycles. The zero-order valence-electron chi connectivity index (χ0n) is 21.4. The van der Waals surface area contributed by atoms with Crippen molar-refractivity contribution in [3.63, 3.8) is 0 Å². The van der Waals surface area contributed by atoms with Crippen LogP contribution in [0.5, 0.6) is 0 Å². The van der Waals surface area contributed by atoms with Crippen molar-refractivity contribution < 1.29 is 18.0 Å². The largest absolute Gasteiger partial charge is 0.352 e. The van der Waals surface area contributed by atoms with Gasteiger partial charge in [0, 0.05) is 32.6 Å². The van der Waals surface area contributed by atoms with E-state index in [0.717, 1.165) is 31.2 Å². The van der Waals surface area contributed by atoms with Crippen LogP contribution in [0.1, 0.15) is 63.9 Å². The molecule has 3 rings (SSSR count). The third-order valence-corrected chi connectivity index (χ3v) is 8.72. The van der Waals surface area contributed by atoms with Gasteiger partial charge in [-0.05, 0) is 43.4 Å². The first-order valence-corrected chi connectivity index (χ1v) is 14.4. The summed E-state index contributed by atoms with van der Waals surface area (Å²) in [5, 5.41) is 3.18. The van der Waals surface area contributed by atoms with Gasteiger partial charge in [0.15, 0.2) is 0 Å². The van der Waals surface area contributed by atoms with E-state index in [-0.39, 0.29) is 35.7 Å². The van der Waals surface area contributed by atoms with Crippen LogP contribution >= 0.6 is 0 Å². The second-order valence-corrected chi connectivity index (χ2v) is 11.6. The molecule has 2 amide bonds. The minimum absolute atomic E-state index is 0.0996. The van der Waals surface area contributed by atoms with Crippen molar-refractivity contribution in [3.8, 4) is 0 Å². The SMILES string of the molecule is CC[C@@H](C(=O)NC1CCCCC1)N(Cc1ccccc1)C(=O)CCCN(C)S(=O)(=O)c1ccccc1. The quantitative estimate of drug-likeness (QED) is 0.457. The maximum absolute atomic E-state index is 13.4. The van der Waals surface area contributed by atoms with Crippen LogP contribution in [0.25, 0.3) is 0 Å². The van der Waals surface area contributed by atoms with Crippen molar-refractivity contribution in [2.45, 2.75) is 81.8 Å². The number of benzene rings is 2. The molecular weight excluding hydrogens is 474 g/mol. The maximum atomic E-state index is 13.4. The highest BCUT2D eigenvalue weighted by Gasteiger charge is 2.30. The highest BCUT2D eigenvalue weighted by atomic mass is 32.2. The minimum atomic E-state index is -3.61. The molecule has 0 heterocycles. The van der Waals surface area contributed by atoms with E-state index in [0.29, 0.717) is 19.4 Å². The van der Waals surface area contributed by atoms with Gasteiger partial charge in [-0.25, -0.2) is 12.7 Å². The van der Waals surface area contributed by atoms with Gasteiger partial charge in [0.25, 0.3) is 0 Å². The molecule has 0 radical (unpaired) electrons. The van der Waals surface area contributed by atoms with Gasteiger partial charge in [-0.1, -0.05) is 74.7 Å². The Hall–Kier alpha value is -2.71. The number of hydrogen-bond donors (Lipinski definition) is 1. The van der Waals surface area contributed by atoms with Gasteiger partial charge in [0.2, 0.25) is 21.8 Å². The second-order valence-electron chi connectivity index (χ2n) is 9.52. The number of rotatable bonds is 12. The van der Waals surface area contributed by atoms with Crippen LogP contribution in [-0.4, -0.2) is 55.1 Å². The molecule has 1 fully saturated rings. The third-order valence-electron chi connectivity index (χ3n) is 6.85. The fraction of sp³-hybridized carbons (Fsp3) is 0.500. The summed E-state index contributed by atoms with van der Waals surface area (Å²) < 4.78 is 26.9. The molecule has 196 valence electrons. The van der Waals surface area contributed by atoms with Crippen molar-refractivity contribution in [1.29, 1.82) is 0 Å². The number of carbonyl (C=O) groups is 2. The lowest BCUT2D eigenvalue weighted by Gasteiger charge is -2.33. The molecule has 2 aromatic carbocycles. The fourth-order valence-corrected chi connectivity index (χ4v) is 5.96. The minimum Gasteiger partial charge on any atom is -0.352 e. The molecule has 0 spiro atoms. The van der Waals surface area contributed by atoms with Crippen LogP contribution in [0.4, 0.5) is 0 Å². The molecule has 1 saturated carbocycles. The van der Waals surface area contributed by atoms with Gasteiger partial charge in [-0.2, -0.15) is 0 Å². The molecule has 0 bridgehead atoms. The number of nitrogens with zero attached hydrogens (tertiary/aromatic N) is 2. The average Bonchev–Trinajstić information content (AvgIpc) is 2.90. The Bertz CT molecular complexity index is 1070. The van der Waals surface area contributed by atoms with E-state index in [1.807, 2.05) is 37.3 Å². The zero-order chi connectivity index (χ0) is 26.0. The monoisotopic (exact) mass is 513 g/mol. The van der Waals surface area contributed by atoms with E-state index in [9.17, 15) is 18.0 Å². The molecule has 1 aliphatic rings. The summed E-state index contributed by atoms with van der Waals surface area (Å²) in [5.41, 5.74) is 0.957. The molecular formula is C28H39N3O4S. The van der Waals surface area contributed by atoms with Gasteiger partial charge in [-0.3, -0.25) is 9.59 Å². The van der Waals surface area contributed by atoms with Crippen LogP contribution in [0.15, 0.2) is 65.6 Å². The van der Waals surface area contributed by atoms with E-state index >= 15 is 0 Å². The number of hydrogen-bond acceptors (Lipinski definition) is 4. The molecule has 0 unspecified atom stereocenters. The normalized spacial score (nSPS) is 15.4. The number of amides is 2. The molecule has 0 aliphatic heterocycles. The van der Waals surface area contributed by atoms with Gasteiger partial charge < -0.3 is 10.2 Å². The standard InChI is InChI=1S/C28H39N3O4S/c1-3-26(28(33)29-24-16-9-5-10-17-24)31(22-23-14-7-4-8-15-23)27(32)20-13-21-30(2)36(34,35)25-18-11-6-12-19-25/h4,6-8,11-12,14-15,18-19,24,26H,3,5,9-10,13,16-17,20-22H2,1-2H3,(H,29,33)/t26-/m0/s1. The van der Waals surface area contributed by atoms with E-state index in [2.05, 4.69) is 5.32 Å². The average molecular weight is 514 g/mol. The first kappa shape index (κ1) is 27.9. The first-order valence-electron chi connectivity index (χ1n) is 13.0. The number of sulfonamides is 1. The molecule has 0 saturated heterocycles. The predicted octanol–water partition coefficient (Wildman–Crippen LogP) is 4.34. The highest BCUT2D eigenvalue weighted by Crippen LogP contribution is 2.20. The third kappa shape index (κ3) is 7.64. The van der Waals surface area contributed by atoms with E-state index < -0.39 is 16.1 Å². The Morgan fingerprint density at radius 2 is 1.58 bits per heavy atom. The first-order chi connectivity index (χ1) is 17.3. The smallest absolute Gasteiger partial charge is 0.243 e. The van der Waals surface area contributed by atoms with Crippen LogP contribution < -0.4 is 5.32 Å². The lowest BCUT2D eigenvalue weighted by Crippen LogP contribution is -2.51. The summed E-state index contributed by atoms with van der Waals surface area (Å²) >= 11 is 0. The van der Waals surface area contributed by atoms with E-state index in [1.54, 1.807) is 35.2 Å². The number of carbonyl (C=O) groups excluding carboxylic acids is 2. The Labute approximate surface area is 215 Å². The second kappa shape index (κ2) is 13.6. The molecule has 1 atom stereocenters. The molecule has 1 aliphatic carbocycles. The summed E-state index contributed by atoms with van der Waals surface area (Å²) in [5.74, 6) is -0.243. The topological polar surface area (TPSA) is 86.8 Å². The summed E-state index contributed by atoms with van der Waals surface area (Å²) in [6.45, 7) is 2.48. The highest BCUT2D eigenvalue weighted by molar-refractivity contribution is 7.89. The van der Waals surface area contributed by atoms with Gasteiger partial charge in [-0.15, -0.1) is 0 Å². The molecule has 1 N–H and O–H groups in total. The molecule has 8 heteroatoms. The Kier molecular flexibility index (Phi) is 10.5. The van der Waals surface area contributed by atoms with Gasteiger partial charge in [0.05, 0.1) is 4.90 Å². The van der Waals surface area contributed by atoms with Gasteiger partial charge in [0.1, 0.15) is 6.04 Å². The Morgan fingerprint density at radius 3 is 2.19 bits per heavy atom. The summed E-state index contributed by atoms with van der Waals surface area (Å²) in [6.07, 6.45) is 6.45. The molecule has 2 aromatic rings. The Morgan fingerprint density at radius 1 is 0.972 bits per heavy atom. The van der Waals surface area contributed by atoms with E-state index in [4.69, 9.17) is 0 Å². The number of nitrogens with one attached hydrogen (secondary N) is 1. The van der Waals surface area contributed by atoms with E-state index in [1.165, 1.54) is 17.8 Å². The molecule has 7 nitrogen and oxygen atoms in total. The van der Waals surface area contributed by atoms with Crippen molar-refractivity contribution in [2.24, 2.45) is 0 Å². The predicted molar refractivity (Wildman–Crippen MR) is 142 cm³/mol. The van der Waals surface area contributed by atoms with Crippen molar-refractivity contribution in [2.75, 3.05) is 13.6 Å². The van der Waals surface area contributed by atoms with Crippen molar-refractivity contribution >= 4 is 21.8 Å². The van der Waals surface area contributed by atoms with Crippen LogP contribution in [0.2, 0.25) is 0 Å². The maximum Gasteiger partial charge on any atom is 0.243 e.